The maximum atomic E-state index is 11.7. The van der Waals surface area contributed by atoms with Gasteiger partial charge < -0.3 is 10.4 Å². The molecule has 2 N–H and O–H groups in total. The average Bonchev–Trinajstić information content (AvgIpc) is 2.27. The summed E-state index contributed by atoms with van der Waals surface area (Å²) in [5.41, 5.74) is 0.269. The second-order valence-corrected chi connectivity index (χ2v) is 4.38. The maximum Gasteiger partial charge on any atom is 0.318 e. The molecule has 5 heteroatoms. The van der Waals surface area contributed by atoms with E-state index < -0.39 is 17.3 Å². The lowest BCUT2D eigenvalue weighted by molar-refractivity contribution is -0.153. The maximum absolute atomic E-state index is 11.7. The Morgan fingerprint density at radius 2 is 2.12 bits per heavy atom. The molecule has 17 heavy (non-hydrogen) atoms. The van der Waals surface area contributed by atoms with Crippen LogP contribution in [0.2, 0.25) is 0 Å². The van der Waals surface area contributed by atoms with Crippen LogP contribution < -0.4 is 5.32 Å². The van der Waals surface area contributed by atoms with Crippen LogP contribution in [-0.4, -0.2) is 22.0 Å². The van der Waals surface area contributed by atoms with Gasteiger partial charge in [-0.25, -0.2) is 0 Å². The van der Waals surface area contributed by atoms with Gasteiger partial charge >= 0.3 is 5.97 Å². The number of hydrogen-bond donors (Lipinski definition) is 2. The van der Waals surface area contributed by atoms with Crippen molar-refractivity contribution in [2.75, 3.05) is 0 Å². The number of aliphatic carboxylic acids is 1. The van der Waals surface area contributed by atoms with Crippen molar-refractivity contribution in [1.82, 2.24) is 10.3 Å². The SMILES string of the molecule is Cc1cccnc1CNC(=O)C(C)(C)C(=O)O. The average molecular weight is 236 g/mol. The van der Waals surface area contributed by atoms with Crippen LogP contribution in [0.1, 0.15) is 25.1 Å². The van der Waals surface area contributed by atoms with E-state index in [0.717, 1.165) is 11.3 Å². The van der Waals surface area contributed by atoms with Gasteiger partial charge in [0.15, 0.2) is 0 Å². The van der Waals surface area contributed by atoms with Crippen molar-refractivity contribution in [1.29, 1.82) is 0 Å². The quantitative estimate of drug-likeness (QED) is 0.768. The molecule has 0 atom stereocenters. The molecule has 0 spiro atoms. The molecule has 1 heterocycles. The summed E-state index contributed by atoms with van der Waals surface area (Å²) in [5, 5.41) is 11.5. The number of carboxylic acid groups (broad SMARTS) is 1. The van der Waals surface area contributed by atoms with E-state index in [1.807, 2.05) is 19.1 Å². The summed E-state index contributed by atoms with van der Waals surface area (Å²) >= 11 is 0. The number of carbonyl (C=O) groups excluding carboxylic acids is 1. The topological polar surface area (TPSA) is 79.3 Å². The number of carboxylic acids is 1. The van der Waals surface area contributed by atoms with Crippen molar-refractivity contribution in [3.05, 3.63) is 29.6 Å². The number of carbonyl (C=O) groups is 2. The first-order chi connectivity index (χ1) is 7.85. The minimum absolute atomic E-state index is 0.238. The summed E-state index contributed by atoms with van der Waals surface area (Å²) in [6.07, 6.45) is 1.64. The Bertz CT molecular complexity index is 441. The Balaban J connectivity index is 2.67. The van der Waals surface area contributed by atoms with E-state index in [4.69, 9.17) is 5.11 Å². The first-order valence-corrected chi connectivity index (χ1v) is 5.28. The highest BCUT2D eigenvalue weighted by molar-refractivity contribution is 6.00. The number of rotatable bonds is 4. The predicted molar refractivity (Wildman–Crippen MR) is 62.2 cm³/mol. The Labute approximate surface area is 99.9 Å². The van der Waals surface area contributed by atoms with Crippen LogP contribution in [0, 0.1) is 12.3 Å². The molecular formula is C12H16N2O3. The van der Waals surface area contributed by atoms with Gasteiger partial charge in [0.05, 0.1) is 12.2 Å². The van der Waals surface area contributed by atoms with Crippen molar-refractivity contribution in [2.45, 2.75) is 27.3 Å². The van der Waals surface area contributed by atoms with Crippen molar-refractivity contribution >= 4 is 11.9 Å². The van der Waals surface area contributed by atoms with Gasteiger partial charge in [0.1, 0.15) is 5.41 Å². The number of nitrogens with zero attached hydrogens (tertiary/aromatic N) is 1. The highest BCUT2D eigenvalue weighted by atomic mass is 16.4. The highest BCUT2D eigenvalue weighted by Crippen LogP contribution is 2.15. The Hall–Kier alpha value is -1.91. The van der Waals surface area contributed by atoms with Crippen LogP contribution in [-0.2, 0) is 16.1 Å². The Morgan fingerprint density at radius 1 is 1.47 bits per heavy atom. The zero-order chi connectivity index (χ0) is 13.1. The van der Waals surface area contributed by atoms with Gasteiger partial charge in [-0.1, -0.05) is 6.07 Å². The second kappa shape index (κ2) is 4.95. The van der Waals surface area contributed by atoms with E-state index in [9.17, 15) is 9.59 Å². The van der Waals surface area contributed by atoms with E-state index in [1.165, 1.54) is 13.8 Å². The van der Waals surface area contributed by atoms with Crippen molar-refractivity contribution < 1.29 is 14.7 Å². The molecular weight excluding hydrogens is 220 g/mol. The summed E-state index contributed by atoms with van der Waals surface area (Å²) in [7, 11) is 0. The molecule has 92 valence electrons. The van der Waals surface area contributed by atoms with Gasteiger partial charge in [0.2, 0.25) is 5.91 Å². The van der Waals surface area contributed by atoms with E-state index >= 15 is 0 Å². The van der Waals surface area contributed by atoms with Crippen LogP contribution in [0.15, 0.2) is 18.3 Å². The van der Waals surface area contributed by atoms with Crippen LogP contribution >= 0.6 is 0 Å². The minimum atomic E-state index is -1.43. The molecule has 1 aromatic rings. The van der Waals surface area contributed by atoms with Gasteiger partial charge in [-0.2, -0.15) is 0 Å². The van der Waals surface area contributed by atoms with Gasteiger partial charge in [0, 0.05) is 6.20 Å². The van der Waals surface area contributed by atoms with E-state index in [1.54, 1.807) is 6.20 Å². The van der Waals surface area contributed by atoms with Crippen molar-refractivity contribution in [3.63, 3.8) is 0 Å². The smallest absolute Gasteiger partial charge is 0.318 e. The minimum Gasteiger partial charge on any atom is -0.480 e. The lowest BCUT2D eigenvalue weighted by Gasteiger charge is -2.18. The summed E-state index contributed by atoms with van der Waals surface area (Å²) in [5.74, 6) is -1.66. The molecule has 1 rings (SSSR count). The molecule has 0 saturated carbocycles. The molecule has 0 unspecified atom stereocenters. The number of hydrogen-bond acceptors (Lipinski definition) is 3. The number of amides is 1. The molecule has 0 aliphatic heterocycles. The van der Waals surface area contributed by atoms with Crippen molar-refractivity contribution in [2.24, 2.45) is 5.41 Å². The van der Waals surface area contributed by atoms with Gasteiger partial charge in [0.25, 0.3) is 0 Å². The van der Waals surface area contributed by atoms with Gasteiger partial charge in [-0.15, -0.1) is 0 Å². The number of aryl methyl sites for hydroxylation is 1. The van der Waals surface area contributed by atoms with Gasteiger partial charge in [-0.3, -0.25) is 14.6 Å². The standard InChI is InChI=1S/C12H16N2O3/c1-8-5-4-6-13-9(8)7-14-10(15)12(2,3)11(16)17/h4-6H,7H2,1-3H3,(H,14,15)(H,16,17). The first kappa shape index (κ1) is 13.2. The molecule has 0 fully saturated rings. The Morgan fingerprint density at radius 3 is 2.65 bits per heavy atom. The molecule has 1 aromatic heterocycles. The summed E-state index contributed by atoms with van der Waals surface area (Å²) < 4.78 is 0. The van der Waals surface area contributed by atoms with Crippen LogP contribution in [0.4, 0.5) is 0 Å². The molecule has 0 aromatic carbocycles. The number of pyridine rings is 1. The Kier molecular flexibility index (Phi) is 3.83. The molecule has 1 amide bonds. The van der Waals surface area contributed by atoms with E-state index in [-0.39, 0.29) is 6.54 Å². The second-order valence-electron chi connectivity index (χ2n) is 4.38. The van der Waals surface area contributed by atoms with Crippen LogP contribution in [0.25, 0.3) is 0 Å². The van der Waals surface area contributed by atoms with Gasteiger partial charge in [-0.05, 0) is 32.4 Å². The largest absolute Gasteiger partial charge is 0.480 e. The fourth-order valence-corrected chi connectivity index (χ4v) is 1.19. The number of nitrogens with one attached hydrogen (secondary N) is 1. The monoisotopic (exact) mass is 236 g/mol. The van der Waals surface area contributed by atoms with Crippen LogP contribution in [0.3, 0.4) is 0 Å². The summed E-state index contributed by atoms with van der Waals surface area (Å²) in [6, 6.07) is 3.69. The number of aromatic nitrogens is 1. The highest BCUT2D eigenvalue weighted by Gasteiger charge is 2.35. The molecule has 0 aliphatic carbocycles. The summed E-state index contributed by atoms with van der Waals surface area (Å²) in [6.45, 7) is 4.87. The molecule has 0 bridgehead atoms. The third-order valence-corrected chi connectivity index (χ3v) is 2.64. The van der Waals surface area contributed by atoms with E-state index in [0.29, 0.717) is 0 Å². The molecule has 0 aliphatic rings. The lowest BCUT2D eigenvalue weighted by atomic mass is 9.92. The zero-order valence-corrected chi connectivity index (χ0v) is 10.2. The van der Waals surface area contributed by atoms with Crippen LogP contribution in [0.5, 0.6) is 0 Å². The third kappa shape index (κ3) is 3.03. The molecule has 0 saturated heterocycles. The predicted octanol–water partition coefficient (Wildman–Crippen LogP) is 1.12. The summed E-state index contributed by atoms with van der Waals surface area (Å²) in [4.78, 5) is 26.7. The first-order valence-electron chi connectivity index (χ1n) is 5.28. The van der Waals surface area contributed by atoms with E-state index in [2.05, 4.69) is 10.3 Å². The normalized spacial score (nSPS) is 11.0. The molecule has 5 nitrogen and oxygen atoms in total. The van der Waals surface area contributed by atoms with Crippen molar-refractivity contribution in [3.8, 4) is 0 Å². The zero-order valence-electron chi connectivity index (χ0n) is 10.2. The molecule has 0 radical (unpaired) electrons. The fraction of sp³-hybridized carbons (Fsp3) is 0.417. The lowest BCUT2D eigenvalue weighted by Crippen LogP contribution is -2.42. The fourth-order valence-electron chi connectivity index (χ4n) is 1.19. The third-order valence-electron chi connectivity index (χ3n) is 2.64.